The smallest absolute Gasteiger partial charge is 0.232 e. The Balaban J connectivity index is 2.30. The third-order valence-electron chi connectivity index (χ3n) is 2.26. The summed E-state index contributed by atoms with van der Waals surface area (Å²) >= 11 is 3.95. The van der Waals surface area contributed by atoms with Crippen LogP contribution in [0.5, 0.6) is 0 Å². The lowest BCUT2D eigenvalue weighted by molar-refractivity contribution is -0.130. The number of ether oxygens (including phenoxy) is 1. The van der Waals surface area contributed by atoms with Gasteiger partial charge in [-0.15, -0.1) is 0 Å². The van der Waals surface area contributed by atoms with E-state index in [1.807, 2.05) is 4.90 Å². The van der Waals surface area contributed by atoms with E-state index in [-0.39, 0.29) is 5.91 Å². The molecule has 1 saturated heterocycles. The average Bonchev–Trinajstić information content (AvgIpc) is 2.17. The molecule has 0 atom stereocenters. The zero-order valence-corrected chi connectivity index (χ0v) is 8.22. The molecule has 0 N–H and O–H groups in total. The molecule has 0 aromatic heterocycles. The van der Waals surface area contributed by atoms with E-state index in [2.05, 4.69) is 12.6 Å². The summed E-state index contributed by atoms with van der Waals surface area (Å²) in [7, 11) is 1.72. The van der Waals surface area contributed by atoms with Crippen molar-refractivity contribution in [2.24, 2.45) is 0 Å². The molecule has 12 heavy (non-hydrogen) atoms. The van der Waals surface area contributed by atoms with Crippen LogP contribution in [0.15, 0.2) is 0 Å². The van der Waals surface area contributed by atoms with E-state index in [1.165, 1.54) is 0 Å². The summed E-state index contributed by atoms with van der Waals surface area (Å²) in [5.74, 6) is 0.449. The highest BCUT2D eigenvalue weighted by atomic mass is 32.1. The van der Waals surface area contributed by atoms with Crippen molar-refractivity contribution in [3.8, 4) is 0 Å². The zero-order valence-electron chi connectivity index (χ0n) is 7.32. The fourth-order valence-corrected chi connectivity index (χ4v) is 1.64. The molecule has 0 aliphatic carbocycles. The van der Waals surface area contributed by atoms with Crippen molar-refractivity contribution in [3.63, 3.8) is 0 Å². The van der Waals surface area contributed by atoms with Crippen molar-refractivity contribution in [2.45, 2.75) is 18.9 Å². The number of rotatable bonds is 2. The Kier molecular flexibility index (Phi) is 3.88. The highest BCUT2D eigenvalue weighted by Gasteiger charge is 2.21. The van der Waals surface area contributed by atoms with E-state index in [9.17, 15) is 4.79 Å². The van der Waals surface area contributed by atoms with Crippen molar-refractivity contribution in [1.82, 2.24) is 4.90 Å². The normalized spacial score (nSPS) is 19.7. The average molecular weight is 189 g/mol. The van der Waals surface area contributed by atoms with Crippen LogP contribution in [-0.2, 0) is 9.53 Å². The molecule has 1 rings (SSSR count). The van der Waals surface area contributed by atoms with Crippen molar-refractivity contribution in [2.75, 3.05) is 26.0 Å². The van der Waals surface area contributed by atoms with Crippen LogP contribution in [0.1, 0.15) is 12.8 Å². The molecule has 4 heteroatoms. The zero-order chi connectivity index (χ0) is 8.97. The van der Waals surface area contributed by atoms with E-state index in [0.29, 0.717) is 11.9 Å². The molecule has 0 radical (unpaired) electrons. The van der Waals surface area contributed by atoms with Gasteiger partial charge in [-0.3, -0.25) is 4.79 Å². The first-order valence-electron chi connectivity index (χ1n) is 4.19. The van der Waals surface area contributed by atoms with E-state index in [0.717, 1.165) is 25.9 Å². The molecule has 0 spiro atoms. The fourth-order valence-electron chi connectivity index (χ4n) is 1.44. The Morgan fingerprint density at radius 3 is 2.58 bits per heavy atom. The maximum absolute atomic E-state index is 11.2. The van der Waals surface area contributed by atoms with Gasteiger partial charge in [-0.1, -0.05) is 0 Å². The molecular formula is C8H15NO2S. The fraction of sp³-hybridized carbons (Fsp3) is 0.875. The van der Waals surface area contributed by atoms with Gasteiger partial charge in [0.15, 0.2) is 0 Å². The number of piperidine rings is 1. The Morgan fingerprint density at radius 1 is 1.58 bits per heavy atom. The summed E-state index contributed by atoms with van der Waals surface area (Å²) in [5.41, 5.74) is 0. The minimum Gasteiger partial charge on any atom is -0.381 e. The second-order valence-corrected chi connectivity index (χ2v) is 3.29. The summed E-state index contributed by atoms with van der Waals surface area (Å²) in [4.78, 5) is 13.0. The second kappa shape index (κ2) is 4.72. The minimum absolute atomic E-state index is 0.132. The Morgan fingerprint density at radius 2 is 2.17 bits per heavy atom. The molecule has 1 aliphatic heterocycles. The van der Waals surface area contributed by atoms with Gasteiger partial charge in [0, 0.05) is 20.2 Å². The van der Waals surface area contributed by atoms with Crippen LogP contribution in [0.2, 0.25) is 0 Å². The van der Waals surface area contributed by atoms with Gasteiger partial charge in [-0.25, -0.2) is 0 Å². The largest absolute Gasteiger partial charge is 0.381 e. The molecule has 1 fully saturated rings. The van der Waals surface area contributed by atoms with Crippen LogP contribution in [0, 0.1) is 0 Å². The standard InChI is InChI=1S/C8H15NO2S/c1-11-7-2-4-9(5-3-7)8(10)6-12/h7,12H,2-6H2,1H3. The molecule has 1 aliphatic rings. The quantitative estimate of drug-likeness (QED) is 0.643. The van der Waals surface area contributed by atoms with Crippen LogP contribution >= 0.6 is 12.6 Å². The van der Waals surface area contributed by atoms with Crippen LogP contribution in [0.4, 0.5) is 0 Å². The number of carbonyl (C=O) groups is 1. The van der Waals surface area contributed by atoms with Gasteiger partial charge in [0.1, 0.15) is 0 Å². The van der Waals surface area contributed by atoms with Gasteiger partial charge in [-0.05, 0) is 12.8 Å². The molecule has 0 aromatic rings. The lowest BCUT2D eigenvalue weighted by Gasteiger charge is -2.30. The number of hydrogen-bond acceptors (Lipinski definition) is 3. The lowest BCUT2D eigenvalue weighted by Crippen LogP contribution is -2.41. The first-order chi connectivity index (χ1) is 5.77. The number of amides is 1. The van der Waals surface area contributed by atoms with Gasteiger partial charge in [-0.2, -0.15) is 12.6 Å². The first-order valence-corrected chi connectivity index (χ1v) is 4.82. The molecule has 3 nitrogen and oxygen atoms in total. The maximum Gasteiger partial charge on any atom is 0.232 e. The van der Waals surface area contributed by atoms with Gasteiger partial charge >= 0.3 is 0 Å². The van der Waals surface area contributed by atoms with Crippen molar-refractivity contribution < 1.29 is 9.53 Å². The van der Waals surface area contributed by atoms with Crippen LogP contribution in [-0.4, -0.2) is 42.9 Å². The molecule has 1 heterocycles. The number of likely N-dealkylation sites (tertiary alicyclic amines) is 1. The predicted octanol–water partition coefficient (Wildman–Crippen LogP) is 0.554. The summed E-state index contributed by atoms with van der Waals surface area (Å²) in [5, 5.41) is 0. The minimum atomic E-state index is 0.132. The highest BCUT2D eigenvalue weighted by molar-refractivity contribution is 7.81. The van der Waals surface area contributed by atoms with Gasteiger partial charge in [0.05, 0.1) is 11.9 Å². The van der Waals surface area contributed by atoms with Crippen LogP contribution < -0.4 is 0 Å². The summed E-state index contributed by atoms with van der Waals surface area (Å²) in [6.07, 6.45) is 2.25. The number of hydrogen-bond donors (Lipinski definition) is 1. The number of thiol groups is 1. The van der Waals surface area contributed by atoms with E-state index in [1.54, 1.807) is 7.11 Å². The Hall–Kier alpha value is -0.220. The summed E-state index contributed by atoms with van der Waals surface area (Å²) in [6, 6.07) is 0. The Bertz CT molecular complexity index is 155. The number of carbonyl (C=O) groups excluding carboxylic acids is 1. The summed E-state index contributed by atoms with van der Waals surface area (Å²) < 4.78 is 5.20. The van der Waals surface area contributed by atoms with Crippen LogP contribution in [0.3, 0.4) is 0 Å². The van der Waals surface area contributed by atoms with E-state index >= 15 is 0 Å². The van der Waals surface area contributed by atoms with Crippen molar-refractivity contribution >= 4 is 18.5 Å². The topological polar surface area (TPSA) is 29.5 Å². The molecule has 0 unspecified atom stereocenters. The third kappa shape index (κ3) is 2.38. The monoisotopic (exact) mass is 189 g/mol. The molecule has 0 aromatic carbocycles. The molecule has 0 bridgehead atoms. The third-order valence-corrected chi connectivity index (χ3v) is 2.53. The Labute approximate surface area is 78.5 Å². The van der Waals surface area contributed by atoms with Crippen molar-refractivity contribution in [1.29, 1.82) is 0 Å². The number of methoxy groups -OCH3 is 1. The van der Waals surface area contributed by atoms with Gasteiger partial charge in [0.2, 0.25) is 5.91 Å². The summed E-state index contributed by atoms with van der Waals surface area (Å²) in [6.45, 7) is 1.63. The lowest BCUT2D eigenvalue weighted by atomic mass is 10.1. The van der Waals surface area contributed by atoms with Gasteiger partial charge < -0.3 is 9.64 Å². The highest BCUT2D eigenvalue weighted by Crippen LogP contribution is 2.12. The van der Waals surface area contributed by atoms with Crippen LogP contribution in [0.25, 0.3) is 0 Å². The molecule has 70 valence electrons. The van der Waals surface area contributed by atoms with E-state index in [4.69, 9.17) is 4.74 Å². The second-order valence-electron chi connectivity index (χ2n) is 2.97. The maximum atomic E-state index is 11.2. The molecule has 0 saturated carbocycles. The SMILES string of the molecule is COC1CCN(C(=O)CS)CC1. The van der Waals surface area contributed by atoms with E-state index < -0.39 is 0 Å². The first kappa shape index (κ1) is 9.86. The molecular weight excluding hydrogens is 174 g/mol. The predicted molar refractivity (Wildman–Crippen MR) is 50.5 cm³/mol. The van der Waals surface area contributed by atoms with Crippen molar-refractivity contribution in [3.05, 3.63) is 0 Å². The van der Waals surface area contributed by atoms with Gasteiger partial charge in [0.25, 0.3) is 0 Å². The number of nitrogens with zero attached hydrogens (tertiary/aromatic N) is 1. The molecule has 1 amide bonds.